The molecule has 0 radical (unpaired) electrons. The van der Waals surface area contributed by atoms with Crippen LogP contribution in [0.2, 0.25) is 0 Å². The van der Waals surface area contributed by atoms with Gasteiger partial charge in [-0.05, 0) is 56.3 Å². The van der Waals surface area contributed by atoms with Gasteiger partial charge >= 0.3 is 5.97 Å². The molecule has 1 rings (SSSR count). The molecule has 1 aliphatic rings. The van der Waals surface area contributed by atoms with Gasteiger partial charge in [-0.3, -0.25) is 4.39 Å². The van der Waals surface area contributed by atoms with Crippen LogP contribution < -0.4 is 0 Å². The van der Waals surface area contributed by atoms with Crippen LogP contribution in [0.4, 0.5) is 4.39 Å². The number of unbranched alkanes of at least 4 members (excludes halogenated alkanes) is 4. The second-order valence-electron chi connectivity index (χ2n) is 7.98. The molecule has 1 aliphatic carbocycles. The number of allylic oxidation sites excluding steroid dienone is 4. The highest BCUT2D eigenvalue weighted by molar-refractivity contribution is 5.75. The van der Waals surface area contributed by atoms with Crippen molar-refractivity contribution >= 4 is 5.97 Å². The maximum Gasteiger partial charge on any atom is 0.364 e. The molecule has 0 aromatic carbocycles. The third kappa shape index (κ3) is 7.74. The summed E-state index contributed by atoms with van der Waals surface area (Å²) in [6.07, 6.45) is 17.2. The molecule has 4 nitrogen and oxygen atoms in total. The van der Waals surface area contributed by atoms with Gasteiger partial charge in [0, 0.05) is 5.92 Å². The Bertz CT molecular complexity index is 487. The Morgan fingerprint density at radius 3 is 2.48 bits per heavy atom. The highest BCUT2D eigenvalue weighted by atomic mass is 19.1. The number of alkyl halides is 1. The summed E-state index contributed by atoms with van der Waals surface area (Å²) in [5.41, 5.74) is 0. The Morgan fingerprint density at radius 1 is 1.15 bits per heavy atom. The number of hydrogen-bond donors (Lipinski definition) is 3. The van der Waals surface area contributed by atoms with Crippen LogP contribution in [0.1, 0.15) is 71.6 Å². The smallest absolute Gasteiger partial charge is 0.364 e. The molecule has 0 aliphatic heterocycles. The van der Waals surface area contributed by atoms with E-state index in [2.05, 4.69) is 19.1 Å². The zero-order chi connectivity index (χ0) is 20.3. The zero-order valence-electron chi connectivity index (χ0n) is 16.8. The molecule has 0 saturated heterocycles. The summed E-state index contributed by atoms with van der Waals surface area (Å²) in [7, 11) is 0. The number of carboxylic acid groups (broad SMARTS) is 1. The summed E-state index contributed by atoms with van der Waals surface area (Å²) >= 11 is 0. The lowest BCUT2D eigenvalue weighted by molar-refractivity contribution is -0.219. The van der Waals surface area contributed by atoms with Crippen molar-refractivity contribution < 1.29 is 24.5 Å². The average molecular weight is 385 g/mol. The van der Waals surface area contributed by atoms with Crippen molar-refractivity contribution in [3.8, 4) is 0 Å². The number of carbonyl (C=O) groups is 1. The van der Waals surface area contributed by atoms with Gasteiger partial charge in [0.25, 0.3) is 5.79 Å². The van der Waals surface area contributed by atoms with E-state index in [1.54, 1.807) is 0 Å². The van der Waals surface area contributed by atoms with Crippen LogP contribution in [0.15, 0.2) is 24.3 Å². The molecular weight excluding hydrogens is 347 g/mol. The Hall–Kier alpha value is -1.20. The first kappa shape index (κ1) is 23.8. The Labute approximate surface area is 163 Å². The Morgan fingerprint density at radius 2 is 1.85 bits per heavy atom. The van der Waals surface area contributed by atoms with E-state index in [1.807, 2.05) is 12.2 Å². The number of halogens is 1. The summed E-state index contributed by atoms with van der Waals surface area (Å²) in [5, 5.41) is 27.9. The predicted molar refractivity (Wildman–Crippen MR) is 106 cm³/mol. The standard InChI is InChI=1S/C22H37FO4/c1-3-4-5-6-7-8-13-20-18(14-15-19(20)16-23)12-10-9-11-17(2)22(26,27)21(24)25/h8-10,13,17-20,26-27H,3-7,11-12,14-16H2,1-2H3,(H,24,25)/b10-9-,13-8+/t17?,18-,19-,20+/m0/s1. The topological polar surface area (TPSA) is 77.8 Å². The fraction of sp³-hybridized carbons (Fsp3) is 0.773. The van der Waals surface area contributed by atoms with Crippen molar-refractivity contribution in [2.45, 2.75) is 77.4 Å². The second kappa shape index (κ2) is 12.3. The molecule has 1 fully saturated rings. The maximum absolute atomic E-state index is 13.3. The molecule has 0 spiro atoms. The van der Waals surface area contributed by atoms with Gasteiger partial charge in [0.15, 0.2) is 0 Å². The molecule has 0 aromatic heterocycles. The summed E-state index contributed by atoms with van der Waals surface area (Å²) in [6.45, 7) is 3.41. The molecule has 27 heavy (non-hydrogen) atoms. The SMILES string of the molecule is CCCCCC/C=C/[C@H]1[C@H](CF)CC[C@@H]1C/C=C\CC(C)C(O)(O)C(=O)O. The molecular formula is C22H37FO4. The van der Waals surface area contributed by atoms with E-state index in [9.17, 15) is 19.4 Å². The highest BCUT2D eigenvalue weighted by Crippen LogP contribution is 2.40. The van der Waals surface area contributed by atoms with E-state index in [0.717, 1.165) is 25.7 Å². The van der Waals surface area contributed by atoms with E-state index < -0.39 is 17.7 Å². The van der Waals surface area contributed by atoms with E-state index in [4.69, 9.17) is 5.11 Å². The van der Waals surface area contributed by atoms with Gasteiger partial charge < -0.3 is 15.3 Å². The monoisotopic (exact) mass is 384 g/mol. The number of hydrogen-bond acceptors (Lipinski definition) is 3. The largest absolute Gasteiger partial charge is 0.477 e. The van der Waals surface area contributed by atoms with Gasteiger partial charge in [0.1, 0.15) is 0 Å². The van der Waals surface area contributed by atoms with Crippen molar-refractivity contribution in [3.63, 3.8) is 0 Å². The quantitative estimate of drug-likeness (QED) is 0.241. The van der Waals surface area contributed by atoms with Gasteiger partial charge in [-0.15, -0.1) is 0 Å². The zero-order valence-corrected chi connectivity index (χ0v) is 16.8. The Kier molecular flexibility index (Phi) is 10.9. The molecule has 0 heterocycles. The summed E-state index contributed by atoms with van der Waals surface area (Å²) in [6, 6.07) is 0. The normalized spacial score (nSPS) is 24.9. The molecule has 156 valence electrons. The number of aliphatic carboxylic acids is 1. The first-order chi connectivity index (χ1) is 12.8. The summed E-state index contributed by atoms with van der Waals surface area (Å²) < 4.78 is 13.3. The minimum Gasteiger partial charge on any atom is -0.477 e. The lowest BCUT2D eigenvalue weighted by atomic mass is 9.87. The van der Waals surface area contributed by atoms with Gasteiger partial charge in [-0.1, -0.05) is 57.4 Å². The fourth-order valence-electron chi connectivity index (χ4n) is 3.86. The fourth-order valence-corrected chi connectivity index (χ4v) is 3.86. The van der Waals surface area contributed by atoms with Crippen LogP contribution in [0, 0.1) is 23.7 Å². The first-order valence-electron chi connectivity index (χ1n) is 10.4. The average Bonchev–Trinajstić information content (AvgIpc) is 3.03. The van der Waals surface area contributed by atoms with Crippen molar-refractivity contribution in [2.75, 3.05) is 6.67 Å². The van der Waals surface area contributed by atoms with Crippen molar-refractivity contribution in [1.29, 1.82) is 0 Å². The lowest BCUT2D eigenvalue weighted by Crippen LogP contribution is -2.44. The maximum atomic E-state index is 13.3. The van der Waals surface area contributed by atoms with Crippen LogP contribution in [0.5, 0.6) is 0 Å². The molecule has 0 aromatic rings. The van der Waals surface area contributed by atoms with Crippen LogP contribution in [0.25, 0.3) is 0 Å². The van der Waals surface area contributed by atoms with E-state index in [-0.39, 0.29) is 24.9 Å². The van der Waals surface area contributed by atoms with Crippen LogP contribution >= 0.6 is 0 Å². The summed E-state index contributed by atoms with van der Waals surface area (Å²) in [4.78, 5) is 10.8. The molecule has 1 unspecified atom stereocenters. The minimum atomic E-state index is -2.71. The van der Waals surface area contributed by atoms with Gasteiger partial charge in [-0.2, -0.15) is 0 Å². The van der Waals surface area contributed by atoms with Crippen LogP contribution in [0.3, 0.4) is 0 Å². The van der Waals surface area contributed by atoms with Gasteiger partial charge in [0.2, 0.25) is 0 Å². The third-order valence-electron chi connectivity index (χ3n) is 5.87. The van der Waals surface area contributed by atoms with Crippen molar-refractivity contribution in [3.05, 3.63) is 24.3 Å². The van der Waals surface area contributed by atoms with E-state index >= 15 is 0 Å². The van der Waals surface area contributed by atoms with Crippen LogP contribution in [-0.2, 0) is 4.79 Å². The molecule has 5 heteroatoms. The second-order valence-corrected chi connectivity index (χ2v) is 7.98. The highest BCUT2D eigenvalue weighted by Gasteiger charge is 2.39. The third-order valence-corrected chi connectivity index (χ3v) is 5.87. The summed E-state index contributed by atoms with van der Waals surface area (Å²) in [5.74, 6) is -4.38. The molecule has 0 amide bonds. The predicted octanol–water partition coefficient (Wildman–Crippen LogP) is 4.86. The Balaban J connectivity index is 2.49. The van der Waals surface area contributed by atoms with Gasteiger partial charge in [-0.25, -0.2) is 4.79 Å². The number of aliphatic hydroxyl groups is 2. The molecule has 1 saturated carbocycles. The number of carboxylic acids is 1. The first-order valence-corrected chi connectivity index (χ1v) is 10.4. The van der Waals surface area contributed by atoms with Crippen LogP contribution in [-0.4, -0.2) is 33.8 Å². The van der Waals surface area contributed by atoms with E-state index in [1.165, 1.54) is 32.6 Å². The van der Waals surface area contributed by atoms with Crippen molar-refractivity contribution in [1.82, 2.24) is 0 Å². The number of rotatable bonds is 13. The van der Waals surface area contributed by atoms with Gasteiger partial charge in [0.05, 0.1) is 6.67 Å². The minimum absolute atomic E-state index is 0.101. The van der Waals surface area contributed by atoms with Crippen molar-refractivity contribution in [2.24, 2.45) is 23.7 Å². The molecule has 4 atom stereocenters. The molecule has 0 bridgehead atoms. The molecule has 3 N–H and O–H groups in total. The van der Waals surface area contributed by atoms with E-state index in [0.29, 0.717) is 5.92 Å². The lowest BCUT2D eigenvalue weighted by Gasteiger charge is -2.23.